The third-order valence-electron chi connectivity index (χ3n) is 1.85. The highest BCUT2D eigenvalue weighted by molar-refractivity contribution is 5.75. The van der Waals surface area contributed by atoms with Crippen LogP contribution in [-0.2, 0) is 9.59 Å². The van der Waals surface area contributed by atoms with Crippen LogP contribution in [-0.4, -0.2) is 17.0 Å². The van der Waals surface area contributed by atoms with E-state index in [-0.39, 0.29) is 12.8 Å². The third-order valence-corrected chi connectivity index (χ3v) is 1.85. The summed E-state index contributed by atoms with van der Waals surface area (Å²) in [5, 5.41) is 10.4. The quantitative estimate of drug-likeness (QED) is 0.240. The largest absolute Gasteiger partial charge is 0.289 e. The van der Waals surface area contributed by atoms with Gasteiger partial charge in [-0.25, -0.2) is 10.9 Å². The highest BCUT2D eigenvalue weighted by atomic mass is 16.5. The van der Waals surface area contributed by atoms with Crippen LogP contribution in [0.3, 0.4) is 0 Å². The van der Waals surface area contributed by atoms with Crippen molar-refractivity contribution in [3.05, 3.63) is 4.91 Å². The van der Waals surface area contributed by atoms with Crippen LogP contribution < -0.4 is 10.9 Å². The summed E-state index contributed by atoms with van der Waals surface area (Å²) in [6, 6.07) is 0. The lowest BCUT2D eigenvalue weighted by Crippen LogP contribution is -2.17. The zero-order valence-corrected chi connectivity index (χ0v) is 8.36. The summed E-state index contributed by atoms with van der Waals surface area (Å²) in [7, 11) is 0. The first kappa shape index (κ1) is 13.5. The van der Waals surface area contributed by atoms with E-state index in [0.717, 1.165) is 12.8 Å². The zero-order chi connectivity index (χ0) is 11.5. The lowest BCUT2D eigenvalue weighted by molar-refractivity contribution is -0.129. The Hall–Kier alpha value is -1.50. The molecular weight excluding hydrogens is 202 g/mol. The molecule has 7 heteroatoms. The predicted molar refractivity (Wildman–Crippen MR) is 51.6 cm³/mol. The van der Waals surface area contributed by atoms with Gasteiger partial charge in [0.05, 0.1) is 5.29 Å². The van der Waals surface area contributed by atoms with E-state index < -0.39 is 11.8 Å². The molecule has 0 aromatic heterocycles. The fraction of sp³-hybridized carbons (Fsp3) is 0.750. The molecule has 0 aliphatic carbocycles. The van der Waals surface area contributed by atoms with E-state index in [4.69, 9.17) is 5.21 Å². The van der Waals surface area contributed by atoms with E-state index in [9.17, 15) is 14.5 Å². The summed E-state index contributed by atoms with van der Waals surface area (Å²) in [5.41, 5.74) is 3.34. The number of rotatable bonds is 8. The Bertz CT molecular complexity index is 220. The summed E-state index contributed by atoms with van der Waals surface area (Å²) in [6.45, 7) is 0. The van der Waals surface area contributed by atoms with Gasteiger partial charge in [0.1, 0.15) is 0 Å². The van der Waals surface area contributed by atoms with Gasteiger partial charge in [0.2, 0.25) is 11.8 Å². The molecule has 0 aromatic rings. The van der Waals surface area contributed by atoms with Gasteiger partial charge >= 0.3 is 0 Å². The maximum absolute atomic E-state index is 10.7. The first-order valence-corrected chi connectivity index (χ1v) is 4.75. The Morgan fingerprint density at radius 3 is 2.00 bits per heavy atom. The molecule has 0 heterocycles. The van der Waals surface area contributed by atoms with Gasteiger partial charge < -0.3 is 0 Å². The number of hydrogen-bond acceptors (Lipinski definition) is 5. The number of nitroso groups, excluding NO2 is 1. The Morgan fingerprint density at radius 2 is 1.53 bits per heavy atom. The fourth-order valence-electron chi connectivity index (χ4n) is 1.09. The Morgan fingerprint density at radius 1 is 1.00 bits per heavy atom. The minimum atomic E-state index is -0.405. The number of carbonyl (C=O) groups excluding carboxylic acids is 2. The molecule has 0 saturated carbocycles. The molecule has 0 radical (unpaired) electrons. The second-order valence-electron chi connectivity index (χ2n) is 3.08. The molecule has 0 rings (SSSR count). The van der Waals surface area contributed by atoms with Gasteiger partial charge in [-0.15, -0.1) is 4.91 Å². The van der Waals surface area contributed by atoms with Crippen molar-refractivity contribution in [2.45, 2.75) is 38.5 Å². The van der Waals surface area contributed by atoms with Crippen LogP contribution in [0, 0.1) is 4.91 Å². The fourth-order valence-corrected chi connectivity index (χ4v) is 1.09. The summed E-state index contributed by atoms with van der Waals surface area (Å²) in [6.07, 6.45) is 3.46. The average Bonchev–Trinajstić information content (AvgIpc) is 2.23. The minimum absolute atomic E-state index is 0.262. The minimum Gasteiger partial charge on any atom is -0.289 e. The van der Waals surface area contributed by atoms with Crippen LogP contribution in [0.4, 0.5) is 0 Å². The van der Waals surface area contributed by atoms with Crippen LogP contribution in [0.2, 0.25) is 0 Å². The number of hydrogen-bond donors (Lipinski definition) is 3. The number of carbonyl (C=O) groups is 2. The Kier molecular flexibility index (Phi) is 8.16. The van der Waals surface area contributed by atoms with E-state index in [1.54, 1.807) is 10.9 Å². The van der Waals surface area contributed by atoms with Gasteiger partial charge in [-0.3, -0.25) is 14.8 Å². The highest BCUT2D eigenvalue weighted by Gasteiger charge is 2.01. The Labute approximate surface area is 87.1 Å². The normalized spacial score (nSPS) is 9.40. The van der Waals surface area contributed by atoms with Crippen molar-refractivity contribution >= 4 is 11.8 Å². The van der Waals surface area contributed by atoms with Crippen molar-refractivity contribution in [1.82, 2.24) is 10.9 Å². The zero-order valence-electron chi connectivity index (χ0n) is 8.36. The van der Waals surface area contributed by atoms with Crippen LogP contribution in [0.5, 0.6) is 0 Å². The van der Waals surface area contributed by atoms with E-state index >= 15 is 0 Å². The topological polar surface area (TPSA) is 108 Å². The number of amides is 2. The Balaban J connectivity index is 3.21. The molecule has 0 bridgehead atoms. The molecule has 0 aromatic carbocycles. The molecule has 0 atom stereocenters. The van der Waals surface area contributed by atoms with Crippen molar-refractivity contribution in [3.63, 3.8) is 0 Å². The maximum Gasteiger partial charge on any atom is 0.243 e. The summed E-state index contributed by atoms with van der Waals surface area (Å²) >= 11 is 0. The molecule has 86 valence electrons. The van der Waals surface area contributed by atoms with Crippen molar-refractivity contribution in [1.29, 1.82) is 0 Å². The molecular formula is C8H15N3O4. The summed E-state index contributed by atoms with van der Waals surface area (Å²) in [5.74, 6) is -0.795. The SMILES string of the molecule is O=NNC(=O)CCCCCCC(=O)NO. The van der Waals surface area contributed by atoms with Gasteiger partial charge in [-0.05, 0) is 12.8 Å². The molecule has 7 nitrogen and oxygen atoms in total. The van der Waals surface area contributed by atoms with Crippen LogP contribution >= 0.6 is 0 Å². The molecule has 0 aliphatic rings. The van der Waals surface area contributed by atoms with Gasteiger partial charge in [-0.1, -0.05) is 12.8 Å². The van der Waals surface area contributed by atoms with Gasteiger partial charge in [-0.2, -0.15) is 0 Å². The highest BCUT2D eigenvalue weighted by Crippen LogP contribution is 2.05. The number of nitrogens with zero attached hydrogens (tertiary/aromatic N) is 1. The second-order valence-corrected chi connectivity index (χ2v) is 3.08. The van der Waals surface area contributed by atoms with Crippen molar-refractivity contribution in [3.8, 4) is 0 Å². The number of hydroxylamine groups is 1. The van der Waals surface area contributed by atoms with E-state index in [2.05, 4.69) is 5.29 Å². The van der Waals surface area contributed by atoms with Gasteiger partial charge in [0.15, 0.2) is 0 Å². The van der Waals surface area contributed by atoms with Crippen LogP contribution in [0.25, 0.3) is 0 Å². The standard InChI is InChI=1S/C8H15N3O4/c12-7(9-11-15)5-3-1-2-4-6-8(13)10-14/h14H,1-6H2,(H,10,13)(H,9,12,15). The lowest BCUT2D eigenvalue weighted by Gasteiger charge is -1.99. The number of unbranched alkanes of at least 4 members (excludes halogenated alkanes) is 3. The van der Waals surface area contributed by atoms with Crippen molar-refractivity contribution in [2.75, 3.05) is 0 Å². The van der Waals surface area contributed by atoms with Crippen molar-refractivity contribution in [2.24, 2.45) is 5.29 Å². The van der Waals surface area contributed by atoms with E-state index in [0.29, 0.717) is 12.8 Å². The molecule has 0 fully saturated rings. The summed E-state index contributed by atoms with van der Waals surface area (Å²) < 4.78 is 0. The molecule has 0 saturated heterocycles. The van der Waals surface area contributed by atoms with E-state index in [1.165, 1.54) is 0 Å². The van der Waals surface area contributed by atoms with Gasteiger partial charge in [0, 0.05) is 12.8 Å². The first-order valence-electron chi connectivity index (χ1n) is 4.75. The van der Waals surface area contributed by atoms with Crippen molar-refractivity contribution < 1.29 is 14.8 Å². The van der Waals surface area contributed by atoms with Crippen LogP contribution in [0.15, 0.2) is 5.29 Å². The molecule has 0 aliphatic heterocycles. The monoisotopic (exact) mass is 217 g/mol. The first-order chi connectivity index (χ1) is 7.20. The van der Waals surface area contributed by atoms with E-state index in [1.807, 2.05) is 0 Å². The molecule has 2 amide bonds. The second kappa shape index (κ2) is 9.07. The maximum atomic E-state index is 10.7. The molecule has 15 heavy (non-hydrogen) atoms. The van der Waals surface area contributed by atoms with Crippen LogP contribution in [0.1, 0.15) is 38.5 Å². The van der Waals surface area contributed by atoms with Gasteiger partial charge in [0.25, 0.3) is 0 Å². The number of nitrogens with one attached hydrogen (secondary N) is 2. The third kappa shape index (κ3) is 8.82. The molecule has 0 spiro atoms. The lowest BCUT2D eigenvalue weighted by atomic mass is 10.1. The molecule has 3 N–H and O–H groups in total. The predicted octanol–water partition coefficient (Wildman–Crippen LogP) is 0.630. The summed E-state index contributed by atoms with van der Waals surface area (Å²) in [4.78, 5) is 30.9. The smallest absolute Gasteiger partial charge is 0.243 e. The average molecular weight is 217 g/mol. The molecule has 0 unspecified atom stereocenters.